The molecule has 0 heterocycles. The maximum atomic E-state index is 13.1. The number of carbonyl (C=O) groups is 1. The van der Waals surface area contributed by atoms with Crippen LogP contribution in [0.25, 0.3) is 0 Å². The fourth-order valence-corrected chi connectivity index (χ4v) is 2.33. The van der Waals surface area contributed by atoms with Crippen molar-refractivity contribution in [3.05, 3.63) is 47.2 Å². The monoisotopic (exact) mass is 352 g/mol. The molecule has 0 aliphatic rings. The molecule has 128 valence electrons. The van der Waals surface area contributed by atoms with E-state index in [-0.39, 0.29) is 12.3 Å². The number of hydrogen-bond acceptors (Lipinski definition) is 4. The van der Waals surface area contributed by atoms with E-state index in [1.807, 2.05) is 0 Å². The van der Waals surface area contributed by atoms with Gasteiger partial charge in [-0.15, -0.1) is 0 Å². The van der Waals surface area contributed by atoms with Crippen molar-refractivity contribution in [1.29, 1.82) is 0 Å². The third kappa shape index (κ3) is 4.76. The highest BCUT2D eigenvalue weighted by Gasteiger charge is 2.10. The van der Waals surface area contributed by atoms with Gasteiger partial charge in [0.25, 0.3) is 0 Å². The Morgan fingerprint density at radius 3 is 2.58 bits per heavy atom. The molecule has 2 aromatic rings. The third-order valence-corrected chi connectivity index (χ3v) is 3.55. The van der Waals surface area contributed by atoms with Gasteiger partial charge in [-0.2, -0.15) is 0 Å². The van der Waals surface area contributed by atoms with Crippen molar-refractivity contribution in [2.24, 2.45) is 0 Å². The number of rotatable bonds is 7. The van der Waals surface area contributed by atoms with E-state index in [0.717, 1.165) is 0 Å². The summed E-state index contributed by atoms with van der Waals surface area (Å²) in [6.45, 7) is 0.363. The minimum atomic E-state index is -0.399. The smallest absolute Gasteiger partial charge is 0.226 e. The van der Waals surface area contributed by atoms with Gasteiger partial charge in [-0.25, -0.2) is 4.39 Å². The molecule has 0 atom stereocenters. The van der Waals surface area contributed by atoms with Gasteiger partial charge in [0.1, 0.15) is 17.3 Å². The predicted molar refractivity (Wildman–Crippen MR) is 92.7 cm³/mol. The van der Waals surface area contributed by atoms with Crippen LogP contribution >= 0.6 is 11.6 Å². The van der Waals surface area contributed by atoms with Gasteiger partial charge < -0.3 is 20.1 Å². The number of carbonyl (C=O) groups excluding carboxylic acids is 1. The Bertz CT molecular complexity index is 725. The fourth-order valence-electron chi connectivity index (χ4n) is 2.10. The van der Waals surface area contributed by atoms with Crippen LogP contribution < -0.4 is 20.1 Å². The molecular formula is C17H18ClFN2O3. The van der Waals surface area contributed by atoms with Gasteiger partial charge in [-0.05, 0) is 18.2 Å². The quantitative estimate of drug-likeness (QED) is 0.792. The first-order valence-corrected chi connectivity index (χ1v) is 7.62. The number of anilines is 2. The van der Waals surface area contributed by atoms with E-state index in [1.54, 1.807) is 18.2 Å². The molecule has 0 radical (unpaired) electrons. The molecule has 0 aliphatic heterocycles. The molecule has 0 unspecified atom stereocenters. The van der Waals surface area contributed by atoms with Crippen molar-refractivity contribution in [1.82, 2.24) is 0 Å². The number of ether oxygens (including phenoxy) is 2. The molecule has 0 fully saturated rings. The van der Waals surface area contributed by atoms with E-state index in [4.69, 9.17) is 21.1 Å². The van der Waals surface area contributed by atoms with E-state index in [0.29, 0.717) is 34.4 Å². The number of nitrogens with one attached hydrogen (secondary N) is 2. The Balaban J connectivity index is 1.92. The highest BCUT2D eigenvalue weighted by Crippen LogP contribution is 2.35. The summed E-state index contributed by atoms with van der Waals surface area (Å²) < 4.78 is 23.5. The summed E-state index contributed by atoms with van der Waals surface area (Å²) in [5.41, 5.74) is 1.09. The van der Waals surface area contributed by atoms with Crippen molar-refractivity contribution < 1.29 is 18.7 Å². The highest BCUT2D eigenvalue weighted by molar-refractivity contribution is 6.32. The topological polar surface area (TPSA) is 59.6 Å². The van der Waals surface area contributed by atoms with Crippen molar-refractivity contribution in [2.75, 3.05) is 31.4 Å². The van der Waals surface area contributed by atoms with E-state index in [1.165, 1.54) is 32.4 Å². The van der Waals surface area contributed by atoms with Crippen LogP contribution in [-0.2, 0) is 4.79 Å². The molecule has 0 spiro atoms. The van der Waals surface area contributed by atoms with Crippen molar-refractivity contribution in [3.63, 3.8) is 0 Å². The van der Waals surface area contributed by atoms with Gasteiger partial charge >= 0.3 is 0 Å². The molecule has 2 rings (SSSR count). The zero-order valence-corrected chi connectivity index (χ0v) is 14.1. The second-order valence-corrected chi connectivity index (χ2v) is 5.33. The summed E-state index contributed by atoms with van der Waals surface area (Å²) in [6, 6.07) is 9.08. The van der Waals surface area contributed by atoms with Crippen LogP contribution in [0.1, 0.15) is 6.42 Å². The zero-order chi connectivity index (χ0) is 17.5. The van der Waals surface area contributed by atoms with Crippen LogP contribution in [0.5, 0.6) is 11.5 Å². The minimum absolute atomic E-state index is 0.199. The lowest BCUT2D eigenvalue weighted by Gasteiger charge is -2.14. The SMILES string of the molecule is COc1cc(NCCC(=O)Nc2cccc(F)c2)c(OC)cc1Cl. The van der Waals surface area contributed by atoms with Crippen LogP contribution in [0.2, 0.25) is 5.02 Å². The molecule has 24 heavy (non-hydrogen) atoms. The summed E-state index contributed by atoms with van der Waals surface area (Å²) in [5.74, 6) is 0.424. The van der Waals surface area contributed by atoms with Gasteiger partial charge in [0.2, 0.25) is 5.91 Å². The number of halogens is 2. The molecule has 0 saturated carbocycles. The molecule has 0 aliphatic carbocycles. The largest absolute Gasteiger partial charge is 0.495 e. The van der Waals surface area contributed by atoms with Crippen LogP contribution in [0, 0.1) is 5.82 Å². The Morgan fingerprint density at radius 1 is 1.17 bits per heavy atom. The van der Waals surface area contributed by atoms with E-state index in [2.05, 4.69) is 10.6 Å². The first-order valence-electron chi connectivity index (χ1n) is 7.24. The van der Waals surface area contributed by atoms with Gasteiger partial charge in [0, 0.05) is 30.8 Å². The average molecular weight is 353 g/mol. The third-order valence-electron chi connectivity index (χ3n) is 3.25. The maximum absolute atomic E-state index is 13.1. The van der Waals surface area contributed by atoms with E-state index in [9.17, 15) is 9.18 Å². The molecule has 0 aromatic heterocycles. The summed E-state index contributed by atoms with van der Waals surface area (Å²) in [4.78, 5) is 11.9. The Morgan fingerprint density at radius 2 is 1.92 bits per heavy atom. The van der Waals surface area contributed by atoms with Crippen molar-refractivity contribution in [2.45, 2.75) is 6.42 Å². The second-order valence-electron chi connectivity index (χ2n) is 4.92. The maximum Gasteiger partial charge on any atom is 0.226 e. The van der Waals surface area contributed by atoms with Crippen molar-refractivity contribution in [3.8, 4) is 11.5 Å². The zero-order valence-electron chi connectivity index (χ0n) is 13.4. The summed E-state index contributed by atoms with van der Waals surface area (Å²) in [6.07, 6.45) is 0.199. The Kier molecular flexibility index (Phi) is 6.26. The summed E-state index contributed by atoms with van der Waals surface area (Å²) in [7, 11) is 3.05. The first kappa shape index (κ1) is 17.9. The molecule has 2 aromatic carbocycles. The van der Waals surface area contributed by atoms with Gasteiger partial charge in [0.15, 0.2) is 0 Å². The number of hydrogen-bond donors (Lipinski definition) is 2. The lowest BCUT2D eigenvalue weighted by Crippen LogP contribution is -2.16. The van der Waals surface area contributed by atoms with Gasteiger partial charge in [0.05, 0.1) is 24.9 Å². The van der Waals surface area contributed by atoms with Crippen LogP contribution in [0.15, 0.2) is 36.4 Å². The highest BCUT2D eigenvalue weighted by atomic mass is 35.5. The van der Waals surface area contributed by atoms with Gasteiger partial charge in [-0.3, -0.25) is 4.79 Å². The standard InChI is InChI=1S/C17H18ClFN2O3/c1-23-15-10-14(16(24-2)9-13(15)18)20-7-6-17(22)21-12-5-3-4-11(19)8-12/h3-5,8-10,20H,6-7H2,1-2H3,(H,21,22). The number of benzene rings is 2. The Hall–Kier alpha value is -2.47. The average Bonchev–Trinajstić information content (AvgIpc) is 2.55. The van der Waals surface area contributed by atoms with Crippen molar-refractivity contribution >= 4 is 28.9 Å². The second kappa shape index (κ2) is 8.40. The molecule has 7 heteroatoms. The molecule has 5 nitrogen and oxygen atoms in total. The van der Waals surface area contributed by atoms with Gasteiger partial charge in [-0.1, -0.05) is 17.7 Å². The van der Waals surface area contributed by atoms with Crippen LogP contribution in [0.3, 0.4) is 0 Å². The van der Waals surface area contributed by atoms with Crippen LogP contribution in [0.4, 0.5) is 15.8 Å². The van der Waals surface area contributed by atoms with E-state index < -0.39 is 5.82 Å². The lowest BCUT2D eigenvalue weighted by atomic mass is 10.2. The molecule has 0 bridgehead atoms. The van der Waals surface area contributed by atoms with E-state index >= 15 is 0 Å². The fraction of sp³-hybridized carbons (Fsp3) is 0.235. The molecule has 1 amide bonds. The Labute approximate surface area is 144 Å². The normalized spacial score (nSPS) is 10.2. The van der Waals surface area contributed by atoms with Crippen LogP contribution in [-0.4, -0.2) is 26.7 Å². The minimum Gasteiger partial charge on any atom is -0.495 e. The molecule has 0 saturated heterocycles. The molecule has 2 N–H and O–H groups in total. The summed E-state index contributed by atoms with van der Waals surface area (Å²) >= 11 is 6.04. The first-order chi connectivity index (χ1) is 11.5. The predicted octanol–water partition coefficient (Wildman–Crippen LogP) is 3.94. The lowest BCUT2D eigenvalue weighted by molar-refractivity contribution is -0.115. The summed E-state index contributed by atoms with van der Waals surface area (Å²) in [5, 5.41) is 6.16. The number of amides is 1. The molecular weight excluding hydrogens is 335 g/mol. The number of methoxy groups -OCH3 is 2.